The van der Waals surface area contributed by atoms with Gasteiger partial charge in [-0.25, -0.2) is 0 Å². The molecule has 0 aromatic rings. The van der Waals surface area contributed by atoms with E-state index in [-0.39, 0.29) is 17.7 Å². The van der Waals surface area contributed by atoms with E-state index < -0.39 is 0 Å². The molecule has 0 aliphatic carbocycles. The van der Waals surface area contributed by atoms with E-state index in [2.05, 4.69) is 27.4 Å². The van der Waals surface area contributed by atoms with Gasteiger partial charge < -0.3 is 15.5 Å². The molecule has 1 saturated heterocycles. The molecule has 1 atom stereocenters. The van der Waals surface area contributed by atoms with E-state index in [1.807, 2.05) is 7.05 Å². The number of nitrogens with one attached hydrogen (secondary N) is 2. The Morgan fingerprint density at radius 1 is 1.09 bits per heavy atom. The van der Waals surface area contributed by atoms with E-state index in [1.54, 1.807) is 6.92 Å². The van der Waals surface area contributed by atoms with Gasteiger partial charge in [0.05, 0.1) is 12.6 Å². The van der Waals surface area contributed by atoms with Gasteiger partial charge in [-0.15, -0.1) is 0 Å². The second-order valence-corrected chi connectivity index (χ2v) is 6.01. The number of ketones is 1. The molecule has 6 heteroatoms. The van der Waals surface area contributed by atoms with Crippen molar-refractivity contribution in [2.75, 3.05) is 52.9 Å². The standard InChI is InChI=1S/C16H32N4O2/c1-4-19-9-11-20(12-10-19)13-16(22)18-8-6-5-7-15(17-3)14(2)21/h15,17H,4-13H2,1-3H3,(H,18,22). The van der Waals surface area contributed by atoms with Gasteiger partial charge in [0.15, 0.2) is 0 Å². The highest BCUT2D eigenvalue weighted by atomic mass is 16.2. The van der Waals surface area contributed by atoms with Gasteiger partial charge in [0, 0.05) is 32.7 Å². The topological polar surface area (TPSA) is 64.7 Å². The molecule has 0 aromatic heterocycles. The van der Waals surface area contributed by atoms with Crippen molar-refractivity contribution < 1.29 is 9.59 Å². The van der Waals surface area contributed by atoms with Crippen LogP contribution in [0.3, 0.4) is 0 Å². The first-order valence-electron chi connectivity index (χ1n) is 8.46. The minimum Gasteiger partial charge on any atom is -0.355 e. The average Bonchev–Trinajstić information content (AvgIpc) is 2.51. The van der Waals surface area contributed by atoms with Crippen molar-refractivity contribution >= 4 is 11.7 Å². The summed E-state index contributed by atoms with van der Waals surface area (Å²) in [5.41, 5.74) is 0. The fraction of sp³-hybridized carbons (Fsp3) is 0.875. The van der Waals surface area contributed by atoms with Gasteiger partial charge in [-0.2, -0.15) is 0 Å². The van der Waals surface area contributed by atoms with Crippen molar-refractivity contribution in [1.82, 2.24) is 20.4 Å². The monoisotopic (exact) mass is 312 g/mol. The third-order valence-corrected chi connectivity index (χ3v) is 4.36. The number of Topliss-reactive ketones (excluding diaryl/α,β-unsaturated/α-hetero) is 1. The summed E-state index contributed by atoms with van der Waals surface area (Å²) in [6, 6.07) is -0.0504. The van der Waals surface area contributed by atoms with Gasteiger partial charge in [0.25, 0.3) is 0 Å². The van der Waals surface area contributed by atoms with Crippen LogP contribution in [0.25, 0.3) is 0 Å². The molecular formula is C16H32N4O2. The Morgan fingerprint density at radius 3 is 2.27 bits per heavy atom. The van der Waals surface area contributed by atoms with Crippen LogP contribution < -0.4 is 10.6 Å². The molecule has 0 radical (unpaired) electrons. The summed E-state index contributed by atoms with van der Waals surface area (Å²) in [6.45, 7) is 10.1. The molecule has 1 aliphatic rings. The van der Waals surface area contributed by atoms with Crippen LogP contribution in [-0.4, -0.2) is 80.4 Å². The third kappa shape index (κ3) is 7.33. The van der Waals surface area contributed by atoms with Crippen LogP contribution in [0, 0.1) is 0 Å². The van der Waals surface area contributed by atoms with Crippen molar-refractivity contribution in [1.29, 1.82) is 0 Å². The molecule has 1 amide bonds. The number of rotatable bonds is 10. The number of hydrogen-bond donors (Lipinski definition) is 2. The largest absolute Gasteiger partial charge is 0.355 e. The summed E-state index contributed by atoms with van der Waals surface area (Å²) >= 11 is 0. The number of piperazine rings is 1. The lowest BCUT2D eigenvalue weighted by molar-refractivity contribution is -0.122. The summed E-state index contributed by atoms with van der Waals surface area (Å²) in [5, 5.41) is 5.99. The highest BCUT2D eigenvalue weighted by molar-refractivity contribution is 5.81. The molecule has 0 spiro atoms. The van der Waals surface area contributed by atoms with Gasteiger partial charge in [0.2, 0.25) is 5.91 Å². The lowest BCUT2D eigenvalue weighted by atomic mass is 10.1. The fourth-order valence-corrected chi connectivity index (χ4v) is 2.77. The van der Waals surface area contributed by atoms with Crippen LogP contribution in [0.2, 0.25) is 0 Å². The molecule has 0 saturated carbocycles. The van der Waals surface area contributed by atoms with Gasteiger partial charge in [-0.1, -0.05) is 6.92 Å². The number of likely N-dealkylation sites (N-methyl/N-ethyl adjacent to an activating group) is 2. The highest BCUT2D eigenvalue weighted by Crippen LogP contribution is 2.02. The number of hydrogen-bond acceptors (Lipinski definition) is 5. The first-order chi connectivity index (χ1) is 10.6. The summed E-state index contributed by atoms with van der Waals surface area (Å²) < 4.78 is 0. The second-order valence-electron chi connectivity index (χ2n) is 6.01. The molecule has 0 aromatic carbocycles. The van der Waals surface area contributed by atoms with Crippen LogP contribution in [0.15, 0.2) is 0 Å². The van der Waals surface area contributed by atoms with Gasteiger partial charge in [-0.3, -0.25) is 14.5 Å². The molecule has 128 valence electrons. The number of amides is 1. The van der Waals surface area contributed by atoms with Crippen LogP contribution in [-0.2, 0) is 9.59 Å². The van der Waals surface area contributed by atoms with Crippen molar-refractivity contribution in [2.24, 2.45) is 0 Å². The van der Waals surface area contributed by atoms with Crippen LogP contribution in [0.4, 0.5) is 0 Å². The van der Waals surface area contributed by atoms with Crippen molar-refractivity contribution in [2.45, 2.75) is 39.2 Å². The Hall–Kier alpha value is -0.980. The predicted molar refractivity (Wildman–Crippen MR) is 88.9 cm³/mol. The average molecular weight is 312 g/mol. The molecule has 2 N–H and O–H groups in total. The number of carbonyl (C=O) groups excluding carboxylic acids is 2. The lowest BCUT2D eigenvalue weighted by Crippen LogP contribution is -2.49. The van der Waals surface area contributed by atoms with Crippen LogP contribution >= 0.6 is 0 Å². The molecule has 1 aliphatic heterocycles. The van der Waals surface area contributed by atoms with Crippen molar-refractivity contribution in [3.63, 3.8) is 0 Å². The van der Waals surface area contributed by atoms with Gasteiger partial charge in [0.1, 0.15) is 5.78 Å². The van der Waals surface area contributed by atoms with E-state index in [9.17, 15) is 9.59 Å². The Labute approximate surface area is 134 Å². The Kier molecular flexibility index (Phi) is 9.27. The molecule has 22 heavy (non-hydrogen) atoms. The van der Waals surface area contributed by atoms with E-state index in [0.29, 0.717) is 13.1 Å². The quantitative estimate of drug-likeness (QED) is 0.560. The van der Waals surface area contributed by atoms with E-state index >= 15 is 0 Å². The molecule has 1 fully saturated rings. The maximum absolute atomic E-state index is 11.9. The van der Waals surface area contributed by atoms with Gasteiger partial charge >= 0.3 is 0 Å². The van der Waals surface area contributed by atoms with Crippen LogP contribution in [0.1, 0.15) is 33.1 Å². The first kappa shape index (κ1) is 19.1. The zero-order chi connectivity index (χ0) is 16.4. The van der Waals surface area contributed by atoms with E-state index in [0.717, 1.165) is 52.0 Å². The molecule has 1 heterocycles. The summed E-state index contributed by atoms with van der Waals surface area (Å²) in [5.74, 6) is 0.291. The third-order valence-electron chi connectivity index (χ3n) is 4.36. The highest BCUT2D eigenvalue weighted by Gasteiger charge is 2.17. The number of unbranched alkanes of at least 4 members (excludes halogenated alkanes) is 1. The molecular weight excluding hydrogens is 280 g/mol. The van der Waals surface area contributed by atoms with Crippen LogP contribution in [0.5, 0.6) is 0 Å². The summed E-state index contributed by atoms with van der Waals surface area (Å²) in [4.78, 5) is 27.8. The minimum absolute atomic E-state index is 0.0504. The number of carbonyl (C=O) groups is 2. The minimum atomic E-state index is -0.0504. The van der Waals surface area contributed by atoms with E-state index in [1.165, 1.54) is 0 Å². The Balaban J connectivity index is 2.05. The fourth-order valence-electron chi connectivity index (χ4n) is 2.77. The summed E-state index contributed by atoms with van der Waals surface area (Å²) in [7, 11) is 1.81. The second kappa shape index (κ2) is 10.7. The Bertz CT molecular complexity index is 341. The van der Waals surface area contributed by atoms with E-state index in [4.69, 9.17) is 0 Å². The zero-order valence-electron chi connectivity index (χ0n) is 14.4. The maximum Gasteiger partial charge on any atom is 0.234 e. The first-order valence-corrected chi connectivity index (χ1v) is 8.46. The zero-order valence-corrected chi connectivity index (χ0v) is 14.4. The van der Waals surface area contributed by atoms with Crippen molar-refractivity contribution in [3.05, 3.63) is 0 Å². The summed E-state index contributed by atoms with van der Waals surface area (Å²) in [6.07, 6.45) is 2.70. The molecule has 1 rings (SSSR count). The smallest absolute Gasteiger partial charge is 0.234 e. The lowest BCUT2D eigenvalue weighted by Gasteiger charge is -2.33. The SMILES string of the molecule is CCN1CCN(CC(=O)NCCCCC(NC)C(C)=O)CC1. The molecule has 6 nitrogen and oxygen atoms in total. The normalized spacial score (nSPS) is 18.1. The van der Waals surface area contributed by atoms with Gasteiger partial charge in [-0.05, 0) is 39.8 Å². The number of nitrogens with zero attached hydrogens (tertiary/aromatic N) is 2. The molecule has 0 bridgehead atoms. The maximum atomic E-state index is 11.9. The Morgan fingerprint density at radius 2 is 1.73 bits per heavy atom. The predicted octanol–water partition coefficient (Wildman–Crippen LogP) is 0.0874. The molecule has 1 unspecified atom stereocenters. The van der Waals surface area contributed by atoms with Crippen molar-refractivity contribution in [3.8, 4) is 0 Å².